The SMILES string of the molecule is CC/C=C\C/C=C\C/C=C\C/C=C\C/C=C\C/C=C\C/C=C\C/C=C\C/C=C\CCCCCCCCCC(=O)OCC(COC(=O)CCCCCCCCCCC)OC(=O)CCCCCCCCC/C=C\C/C=C\CCCCC. The van der Waals surface area contributed by atoms with Crippen molar-refractivity contribution in [1.82, 2.24) is 0 Å². The third kappa shape index (κ3) is 64.3. The van der Waals surface area contributed by atoms with Gasteiger partial charge in [-0.3, -0.25) is 14.4 Å². The largest absolute Gasteiger partial charge is 0.462 e. The summed E-state index contributed by atoms with van der Waals surface area (Å²) < 4.78 is 16.9. The van der Waals surface area contributed by atoms with Gasteiger partial charge in [0, 0.05) is 19.3 Å². The van der Waals surface area contributed by atoms with Gasteiger partial charge < -0.3 is 14.2 Å². The van der Waals surface area contributed by atoms with Gasteiger partial charge in [-0.05, 0) is 122 Å². The van der Waals surface area contributed by atoms with Gasteiger partial charge in [-0.2, -0.15) is 0 Å². The molecule has 0 N–H and O–H groups in total. The summed E-state index contributed by atoms with van der Waals surface area (Å²) >= 11 is 0. The Morgan fingerprint density at radius 2 is 0.494 bits per heavy atom. The lowest BCUT2D eigenvalue weighted by Crippen LogP contribution is -2.30. The van der Waals surface area contributed by atoms with E-state index >= 15 is 0 Å². The zero-order valence-electron chi connectivity index (χ0n) is 51.3. The highest BCUT2D eigenvalue weighted by Crippen LogP contribution is 2.15. The second-order valence-electron chi connectivity index (χ2n) is 21.3. The van der Waals surface area contributed by atoms with Gasteiger partial charge in [0.25, 0.3) is 0 Å². The summed E-state index contributed by atoms with van der Waals surface area (Å²) in [4.78, 5) is 38.2. The molecule has 1 unspecified atom stereocenters. The lowest BCUT2D eigenvalue weighted by molar-refractivity contribution is -0.167. The molecule has 0 heterocycles. The van der Waals surface area contributed by atoms with Gasteiger partial charge in [0.2, 0.25) is 0 Å². The van der Waals surface area contributed by atoms with Crippen LogP contribution in [-0.2, 0) is 28.6 Å². The Morgan fingerprint density at radius 1 is 0.266 bits per heavy atom. The maximum absolute atomic E-state index is 12.9. The van der Waals surface area contributed by atoms with Crippen molar-refractivity contribution in [2.24, 2.45) is 0 Å². The monoisotopic (exact) mass is 1090 g/mol. The lowest BCUT2D eigenvalue weighted by atomic mass is 10.1. The molecule has 0 aliphatic heterocycles. The average Bonchev–Trinajstić information content (AvgIpc) is 3.45. The van der Waals surface area contributed by atoms with Crippen LogP contribution in [0.25, 0.3) is 0 Å². The fraction of sp³-hybridized carbons (Fsp3) is 0.658. The van der Waals surface area contributed by atoms with Crippen molar-refractivity contribution in [1.29, 1.82) is 0 Å². The quantitative estimate of drug-likeness (QED) is 0.0261. The van der Waals surface area contributed by atoms with Gasteiger partial charge in [0.1, 0.15) is 13.2 Å². The summed E-state index contributed by atoms with van der Waals surface area (Å²) in [7, 11) is 0. The van der Waals surface area contributed by atoms with Crippen molar-refractivity contribution in [2.75, 3.05) is 13.2 Å². The van der Waals surface area contributed by atoms with Crippen LogP contribution in [0.1, 0.15) is 290 Å². The second kappa shape index (κ2) is 66.1. The lowest BCUT2D eigenvalue weighted by Gasteiger charge is -2.18. The van der Waals surface area contributed by atoms with Gasteiger partial charge in [-0.15, -0.1) is 0 Å². The van der Waals surface area contributed by atoms with E-state index in [-0.39, 0.29) is 31.1 Å². The zero-order chi connectivity index (χ0) is 57.1. The topological polar surface area (TPSA) is 78.9 Å². The van der Waals surface area contributed by atoms with Crippen molar-refractivity contribution < 1.29 is 28.6 Å². The Labute approximate surface area is 487 Å². The number of carbonyl (C=O) groups excluding carboxylic acids is 3. The minimum absolute atomic E-state index is 0.0851. The minimum Gasteiger partial charge on any atom is -0.462 e. The number of hydrogen-bond acceptors (Lipinski definition) is 6. The van der Waals surface area contributed by atoms with E-state index in [0.717, 1.165) is 135 Å². The molecule has 0 aromatic heterocycles. The highest BCUT2D eigenvalue weighted by atomic mass is 16.6. The molecule has 6 nitrogen and oxygen atoms in total. The van der Waals surface area contributed by atoms with E-state index in [2.05, 4.69) is 154 Å². The molecule has 0 bridgehead atoms. The fourth-order valence-electron chi connectivity index (χ4n) is 8.76. The van der Waals surface area contributed by atoms with Crippen molar-refractivity contribution >= 4 is 17.9 Å². The summed E-state index contributed by atoms with van der Waals surface area (Å²) in [5, 5.41) is 0. The molecule has 0 aliphatic carbocycles. The average molecular weight is 1090 g/mol. The van der Waals surface area contributed by atoms with E-state index in [1.54, 1.807) is 0 Å². The Balaban J connectivity index is 4.21. The molecule has 6 heteroatoms. The Morgan fingerprint density at radius 3 is 0.797 bits per heavy atom. The predicted octanol–water partition coefficient (Wildman–Crippen LogP) is 22.5. The van der Waals surface area contributed by atoms with E-state index in [4.69, 9.17) is 14.2 Å². The smallest absolute Gasteiger partial charge is 0.306 e. The Kier molecular flexibility index (Phi) is 62.3. The number of ether oxygens (including phenoxy) is 3. The summed E-state index contributed by atoms with van der Waals surface area (Å²) in [5.74, 6) is -0.905. The predicted molar refractivity (Wildman–Crippen MR) is 343 cm³/mol. The second-order valence-corrected chi connectivity index (χ2v) is 21.3. The molecule has 0 saturated heterocycles. The van der Waals surface area contributed by atoms with Crippen molar-refractivity contribution in [3.8, 4) is 0 Å². The molecule has 0 aliphatic rings. The van der Waals surface area contributed by atoms with E-state index in [1.807, 2.05) is 0 Å². The Hall–Kier alpha value is -4.45. The third-order valence-corrected chi connectivity index (χ3v) is 13.6. The number of unbranched alkanes of at least 4 members (excludes halogenated alkanes) is 25. The summed E-state index contributed by atoms with van der Waals surface area (Å²) in [6.07, 6.45) is 93.3. The number of esters is 3. The molecule has 0 aromatic rings. The van der Waals surface area contributed by atoms with Crippen LogP contribution in [0, 0.1) is 0 Å². The summed E-state index contributed by atoms with van der Waals surface area (Å²) in [6.45, 7) is 6.47. The van der Waals surface area contributed by atoms with Crippen LogP contribution >= 0.6 is 0 Å². The molecule has 0 radical (unpaired) electrons. The van der Waals surface area contributed by atoms with Gasteiger partial charge in [-0.1, -0.05) is 283 Å². The van der Waals surface area contributed by atoms with Crippen molar-refractivity contribution in [3.63, 3.8) is 0 Å². The van der Waals surface area contributed by atoms with Crippen LogP contribution in [0.5, 0.6) is 0 Å². The van der Waals surface area contributed by atoms with Crippen molar-refractivity contribution in [3.05, 3.63) is 134 Å². The highest BCUT2D eigenvalue weighted by molar-refractivity contribution is 5.71. The molecule has 0 aromatic carbocycles. The van der Waals surface area contributed by atoms with Crippen LogP contribution in [0.2, 0.25) is 0 Å². The van der Waals surface area contributed by atoms with E-state index in [9.17, 15) is 14.4 Å². The Bertz CT molecular complexity index is 1680. The molecule has 1 atom stereocenters. The van der Waals surface area contributed by atoms with Crippen molar-refractivity contribution in [2.45, 2.75) is 297 Å². The van der Waals surface area contributed by atoms with Gasteiger partial charge >= 0.3 is 17.9 Å². The molecule has 0 fully saturated rings. The maximum Gasteiger partial charge on any atom is 0.306 e. The number of rotatable bonds is 58. The minimum atomic E-state index is -0.788. The van der Waals surface area contributed by atoms with E-state index < -0.39 is 6.10 Å². The number of carbonyl (C=O) groups is 3. The zero-order valence-corrected chi connectivity index (χ0v) is 51.3. The molecule has 0 amide bonds. The molecular weight excluding hydrogens is 973 g/mol. The third-order valence-electron chi connectivity index (χ3n) is 13.6. The standard InChI is InChI=1S/C73H120O6/c1-4-7-10-13-16-19-21-23-25-27-28-29-30-31-32-33-34-35-36-37-38-39-40-41-42-43-44-46-47-49-51-54-57-60-63-66-72(75)78-69-70(68-77-71(74)65-62-59-56-53-18-15-12-9-6-3)79-73(76)67-64-61-58-55-52-50-48-45-26-24-22-20-17-14-11-8-5-2/h7,10,16-17,19-20,23-26,28-29,31-32,34-35,37-38,40-41,43-44,70H,4-6,8-9,11-15,18,21-22,27,30,33,36,39,42,45-69H2,1-3H3/b10-7-,19-16-,20-17-,25-23-,26-24-,29-28-,32-31-,35-34-,38-37-,41-40-,44-43-. The van der Waals surface area contributed by atoms with Crippen LogP contribution < -0.4 is 0 Å². The van der Waals surface area contributed by atoms with E-state index in [1.165, 1.54) is 116 Å². The number of allylic oxidation sites excluding steroid dienone is 22. The molecule has 448 valence electrons. The van der Waals surface area contributed by atoms with Gasteiger partial charge in [0.05, 0.1) is 0 Å². The summed E-state index contributed by atoms with van der Waals surface area (Å²) in [5.41, 5.74) is 0. The van der Waals surface area contributed by atoms with Crippen LogP contribution in [0.4, 0.5) is 0 Å². The van der Waals surface area contributed by atoms with Crippen LogP contribution in [0.3, 0.4) is 0 Å². The molecule has 79 heavy (non-hydrogen) atoms. The first-order valence-electron chi connectivity index (χ1n) is 32.7. The van der Waals surface area contributed by atoms with Gasteiger partial charge in [-0.25, -0.2) is 0 Å². The van der Waals surface area contributed by atoms with E-state index in [0.29, 0.717) is 19.3 Å². The van der Waals surface area contributed by atoms with Gasteiger partial charge in [0.15, 0.2) is 6.10 Å². The molecule has 0 spiro atoms. The first-order valence-corrected chi connectivity index (χ1v) is 32.7. The molecule has 0 saturated carbocycles. The number of hydrogen-bond donors (Lipinski definition) is 0. The van der Waals surface area contributed by atoms with Crippen LogP contribution in [0.15, 0.2) is 134 Å². The maximum atomic E-state index is 12.9. The normalized spacial score (nSPS) is 13.0. The first-order chi connectivity index (χ1) is 39.0. The fourth-order valence-corrected chi connectivity index (χ4v) is 8.76. The highest BCUT2D eigenvalue weighted by Gasteiger charge is 2.19. The summed E-state index contributed by atoms with van der Waals surface area (Å²) in [6, 6.07) is 0. The molecule has 0 rings (SSSR count). The van der Waals surface area contributed by atoms with Crippen LogP contribution in [-0.4, -0.2) is 37.2 Å². The molecular formula is C73H120O6. The first kappa shape index (κ1) is 74.5.